The van der Waals surface area contributed by atoms with Crippen molar-refractivity contribution < 1.29 is 27.1 Å². The predicted molar refractivity (Wildman–Crippen MR) is 50.0 cm³/mol. The summed E-state index contributed by atoms with van der Waals surface area (Å²) in [5.41, 5.74) is 0.538. The molecule has 17 heavy (non-hydrogen) atoms. The topological polar surface area (TPSA) is 46.2 Å². The zero-order valence-corrected chi connectivity index (χ0v) is 8.56. The minimum Gasteiger partial charge on any atom is -0.376 e. The molecule has 1 rings (SSSR count). The number of benzene rings is 1. The van der Waals surface area contributed by atoms with Gasteiger partial charge in [-0.2, -0.15) is 13.2 Å². The van der Waals surface area contributed by atoms with Crippen LogP contribution in [-0.2, 0) is 5.60 Å². The Balaban J connectivity index is 3.32. The molecular weight excluding hydrogens is 245 g/mol. The fourth-order valence-corrected chi connectivity index (χ4v) is 1.46. The molecule has 0 radical (unpaired) electrons. The van der Waals surface area contributed by atoms with Gasteiger partial charge in [0.2, 0.25) is 0 Å². The molecule has 1 atom stereocenters. The van der Waals surface area contributed by atoms with Crippen LogP contribution in [0, 0.1) is 11.6 Å². The average Bonchev–Trinajstić information content (AvgIpc) is 2.15. The first-order valence-electron chi connectivity index (χ1n) is 4.67. The Morgan fingerprint density at radius 1 is 1.18 bits per heavy atom. The van der Waals surface area contributed by atoms with Gasteiger partial charge in [-0.05, 0) is 18.7 Å². The van der Waals surface area contributed by atoms with Crippen LogP contribution in [-0.4, -0.2) is 17.8 Å². The van der Waals surface area contributed by atoms with E-state index in [-0.39, 0.29) is 6.07 Å². The number of aliphatic hydroxyl groups is 1. The molecule has 0 spiro atoms. The second kappa shape index (κ2) is 4.58. The maximum Gasteiger partial charge on any atom is 0.421 e. The van der Waals surface area contributed by atoms with E-state index >= 15 is 0 Å². The molecule has 0 heterocycles. The van der Waals surface area contributed by atoms with E-state index in [1.165, 1.54) is 0 Å². The van der Waals surface area contributed by atoms with Crippen LogP contribution in [0.15, 0.2) is 18.2 Å². The third-order valence-electron chi connectivity index (χ3n) is 2.35. The van der Waals surface area contributed by atoms with Gasteiger partial charge in [0, 0.05) is 18.1 Å². The average molecular weight is 255 g/mol. The first-order valence-corrected chi connectivity index (χ1v) is 4.67. The lowest BCUT2D eigenvalue weighted by Gasteiger charge is -2.30. The van der Waals surface area contributed by atoms with Crippen molar-refractivity contribution in [2.45, 2.75) is 18.2 Å². The number of halogens is 5. The van der Waals surface area contributed by atoms with E-state index < -0.39 is 41.9 Å². The quantitative estimate of drug-likeness (QED) is 0.812. The molecule has 96 valence electrons. The minimum absolute atomic E-state index is 0.280. The van der Waals surface area contributed by atoms with Gasteiger partial charge in [-0.3, -0.25) is 0 Å². The van der Waals surface area contributed by atoms with Crippen LogP contribution in [0.3, 0.4) is 0 Å². The molecule has 7 heteroatoms. The molecule has 0 aliphatic carbocycles. The highest BCUT2D eigenvalue weighted by molar-refractivity contribution is 5.26. The van der Waals surface area contributed by atoms with Crippen molar-refractivity contribution in [2.75, 3.05) is 6.54 Å². The number of hydrogen-bond acceptors (Lipinski definition) is 2. The number of rotatable bonds is 3. The second-order valence-corrected chi connectivity index (χ2v) is 3.52. The Hall–Kier alpha value is -1.21. The summed E-state index contributed by atoms with van der Waals surface area (Å²) in [6.45, 7) is -0.493. The number of nitrogens with two attached hydrogens (primary N) is 1. The maximum absolute atomic E-state index is 13.3. The van der Waals surface area contributed by atoms with E-state index in [2.05, 4.69) is 0 Å². The molecule has 0 fully saturated rings. The smallest absolute Gasteiger partial charge is 0.376 e. The van der Waals surface area contributed by atoms with Gasteiger partial charge >= 0.3 is 6.18 Å². The maximum atomic E-state index is 13.3. The first kappa shape index (κ1) is 13.9. The molecule has 0 aliphatic rings. The molecule has 0 bridgehead atoms. The molecule has 1 aromatic carbocycles. The van der Waals surface area contributed by atoms with Gasteiger partial charge in [-0.15, -0.1) is 0 Å². The first-order chi connectivity index (χ1) is 7.72. The molecule has 2 nitrogen and oxygen atoms in total. The summed E-state index contributed by atoms with van der Waals surface area (Å²) in [7, 11) is 0. The highest BCUT2D eigenvalue weighted by atomic mass is 19.4. The molecule has 1 aromatic rings. The Morgan fingerprint density at radius 2 is 1.76 bits per heavy atom. The van der Waals surface area contributed by atoms with Crippen molar-refractivity contribution in [1.82, 2.24) is 0 Å². The monoisotopic (exact) mass is 255 g/mol. The van der Waals surface area contributed by atoms with Crippen molar-refractivity contribution >= 4 is 0 Å². The number of hydrogen-bond donors (Lipinski definition) is 2. The Kier molecular flexibility index (Phi) is 3.73. The lowest BCUT2D eigenvalue weighted by atomic mass is 9.89. The molecule has 0 saturated carbocycles. The van der Waals surface area contributed by atoms with E-state index in [0.717, 1.165) is 0 Å². The van der Waals surface area contributed by atoms with Crippen molar-refractivity contribution in [3.8, 4) is 0 Å². The summed E-state index contributed by atoms with van der Waals surface area (Å²) in [6, 6.07) is 1.49. The summed E-state index contributed by atoms with van der Waals surface area (Å²) in [4.78, 5) is 0. The highest BCUT2D eigenvalue weighted by Crippen LogP contribution is 2.42. The van der Waals surface area contributed by atoms with E-state index in [9.17, 15) is 27.1 Å². The lowest BCUT2D eigenvalue weighted by Crippen LogP contribution is -2.44. The van der Waals surface area contributed by atoms with E-state index in [0.29, 0.717) is 12.1 Å². The highest BCUT2D eigenvalue weighted by Gasteiger charge is 2.55. The minimum atomic E-state index is -5.09. The SMILES string of the molecule is NCCC(O)(c1ccc(F)cc1F)C(F)(F)F. The second-order valence-electron chi connectivity index (χ2n) is 3.52. The summed E-state index contributed by atoms with van der Waals surface area (Å²) in [5.74, 6) is -2.48. The van der Waals surface area contributed by atoms with Crippen LogP contribution in [0.4, 0.5) is 22.0 Å². The predicted octanol–water partition coefficient (Wildman–Crippen LogP) is 2.06. The standard InChI is InChI=1S/C10H10F5NO/c11-6-1-2-7(8(12)5-6)9(17,3-4-16)10(13,14)15/h1-2,5,17H,3-4,16H2. The zero-order valence-electron chi connectivity index (χ0n) is 8.56. The summed E-state index contributed by atoms with van der Waals surface area (Å²) < 4.78 is 63.9. The van der Waals surface area contributed by atoms with Crippen LogP contribution in [0.1, 0.15) is 12.0 Å². The Morgan fingerprint density at radius 3 is 2.18 bits per heavy atom. The lowest BCUT2D eigenvalue weighted by molar-refractivity contribution is -0.269. The van der Waals surface area contributed by atoms with Gasteiger partial charge in [0.15, 0.2) is 5.60 Å². The molecule has 0 aliphatic heterocycles. The Labute approximate surface area is 93.9 Å². The van der Waals surface area contributed by atoms with Crippen LogP contribution >= 0.6 is 0 Å². The molecule has 0 saturated heterocycles. The van der Waals surface area contributed by atoms with Crippen molar-refractivity contribution in [2.24, 2.45) is 5.73 Å². The van der Waals surface area contributed by atoms with Crippen LogP contribution in [0.2, 0.25) is 0 Å². The van der Waals surface area contributed by atoms with Crippen molar-refractivity contribution in [3.05, 3.63) is 35.4 Å². The van der Waals surface area contributed by atoms with Gasteiger partial charge in [0.25, 0.3) is 0 Å². The normalized spacial score (nSPS) is 15.7. The summed E-state index contributed by atoms with van der Waals surface area (Å²) >= 11 is 0. The molecule has 0 amide bonds. The third-order valence-corrected chi connectivity index (χ3v) is 2.35. The third kappa shape index (κ3) is 2.55. The van der Waals surface area contributed by atoms with Gasteiger partial charge in [0.1, 0.15) is 11.6 Å². The fourth-order valence-electron chi connectivity index (χ4n) is 1.46. The molecular formula is C10H10F5NO. The van der Waals surface area contributed by atoms with Crippen molar-refractivity contribution in [1.29, 1.82) is 0 Å². The number of alkyl halides is 3. The van der Waals surface area contributed by atoms with Gasteiger partial charge < -0.3 is 10.8 Å². The summed E-state index contributed by atoms with van der Waals surface area (Å²) in [6.07, 6.45) is -6.00. The largest absolute Gasteiger partial charge is 0.421 e. The van der Waals surface area contributed by atoms with E-state index in [1.807, 2.05) is 0 Å². The fraction of sp³-hybridized carbons (Fsp3) is 0.400. The van der Waals surface area contributed by atoms with Crippen LogP contribution in [0.25, 0.3) is 0 Å². The zero-order chi connectivity index (χ0) is 13.3. The molecule has 3 N–H and O–H groups in total. The van der Waals surface area contributed by atoms with Crippen LogP contribution in [0.5, 0.6) is 0 Å². The van der Waals surface area contributed by atoms with Gasteiger partial charge in [-0.25, -0.2) is 8.78 Å². The van der Waals surface area contributed by atoms with Gasteiger partial charge in [-0.1, -0.05) is 0 Å². The van der Waals surface area contributed by atoms with E-state index in [4.69, 9.17) is 5.73 Å². The van der Waals surface area contributed by atoms with E-state index in [1.54, 1.807) is 0 Å². The molecule has 0 aromatic heterocycles. The van der Waals surface area contributed by atoms with Gasteiger partial charge in [0.05, 0.1) is 0 Å². The molecule has 1 unspecified atom stereocenters. The Bertz CT molecular complexity index is 406. The van der Waals surface area contributed by atoms with Crippen LogP contribution < -0.4 is 5.73 Å². The van der Waals surface area contributed by atoms with Crippen molar-refractivity contribution in [3.63, 3.8) is 0 Å². The summed E-state index contributed by atoms with van der Waals surface area (Å²) in [5, 5.41) is 9.52.